The highest BCUT2D eigenvalue weighted by Crippen LogP contribution is 2.70. The first-order valence-electron chi connectivity index (χ1n) is 9.40. The van der Waals surface area contributed by atoms with Crippen molar-refractivity contribution >= 4 is 5.90 Å². The molecule has 2 heterocycles. The maximum Gasteiger partial charge on any atom is 0.217 e. The van der Waals surface area contributed by atoms with Crippen molar-refractivity contribution in [2.24, 2.45) is 16.7 Å². The summed E-state index contributed by atoms with van der Waals surface area (Å²) in [5.41, 5.74) is -3.30. The Morgan fingerprint density at radius 1 is 1.10 bits per heavy atom. The van der Waals surface area contributed by atoms with E-state index in [0.29, 0.717) is 29.9 Å². The van der Waals surface area contributed by atoms with Gasteiger partial charge in [0.1, 0.15) is 6.10 Å². The molecule has 4 rings (SSSR count). The van der Waals surface area contributed by atoms with Gasteiger partial charge in [0.05, 0.1) is 38.3 Å². The Hall–Kier alpha value is -3.28. The number of nitriles is 3. The molecule has 148 valence electrons. The molecule has 2 bridgehead atoms. The molecule has 1 aromatic carbocycles. The number of nitrogens with one attached hydrogen (secondary N) is 1. The van der Waals surface area contributed by atoms with E-state index in [1.807, 2.05) is 0 Å². The molecule has 0 aromatic heterocycles. The van der Waals surface area contributed by atoms with E-state index in [1.54, 1.807) is 18.2 Å². The van der Waals surface area contributed by atoms with Crippen molar-refractivity contribution in [1.29, 1.82) is 21.2 Å². The zero-order valence-corrected chi connectivity index (χ0v) is 16.2. The van der Waals surface area contributed by atoms with Crippen LogP contribution >= 0.6 is 0 Å². The van der Waals surface area contributed by atoms with Crippen LogP contribution in [0.1, 0.15) is 37.4 Å². The Labute approximate surface area is 168 Å². The van der Waals surface area contributed by atoms with Gasteiger partial charge in [-0.25, -0.2) is 0 Å². The summed E-state index contributed by atoms with van der Waals surface area (Å²) in [7, 11) is 2.94. The topological polar surface area (TPSA) is 132 Å². The van der Waals surface area contributed by atoms with Gasteiger partial charge in [0.2, 0.25) is 17.1 Å². The van der Waals surface area contributed by atoms with Gasteiger partial charge >= 0.3 is 0 Å². The molecule has 29 heavy (non-hydrogen) atoms. The van der Waals surface area contributed by atoms with Crippen molar-refractivity contribution in [3.05, 3.63) is 23.8 Å². The van der Waals surface area contributed by atoms with Gasteiger partial charge in [-0.2, -0.15) is 15.8 Å². The second-order valence-corrected chi connectivity index (χ2v) is 7.57. The van der Waals surface area contributed by atoms with E-state index in [0.717, 1.165) is 12.8 Å². The minimum Gasteiger partial charge on any atom is -0.493 e. The number of benzene rings is 1. The molecule has 0 spiro atoms. The molecule has 0 radical (unpaired) electrons. The molecule has 0 amide bonds. The molecule has 1 saturated carbocycles. The van der Waals surface area contributed by atoms with Crippen molar-refractivity contribution in [2.75, 3.05) is 14.2 Å². The first-order valence-corrected chi connectivity index (χ1v) is 9.40. The van der Waals surface area contributed by atoms with E-state index in [2.05, 4.69) is 18.2 Å². The minimum atomic E-state index is -1.99. The Balaban J connectivity index is 2.03. The van der Waals surface area contributed by atoms with Crippen LogP contribution in [0.3, 0.4) is 0 Å². The molecular formula is C21H20N4O4. The van der Waals surface area contributed by atoms with Gasteiger partial charge in [0.25, 0.3) is 0 Å². The van der Waals surface area contributed by atoms with Gasteiger partial charge < -0.3 is 18.9 Å². The molecule has 0 unspecified atom stereocenters. The lowest BCUT2D eigenvalue weighted by atomic mass is 9.51. The monoisotopic (exact) mass is 392 g/mol. The second kappa shape index (κ2) is 6.37. The predicted octanol–water partition coefficient (Wildman–Crippen LogP) is 3.21. The van der Waals surface area contributed by atoms with Gasteiger partial charge in [0.15, 0.2) is 16.9 Å². The molecule has 8 nitrogen and oxygen atoms in total. The zero-order valence-electron chi connectivity index (χ0n) is 16.2. The van der Waals surface area contributed by atoms with E-state index in [1.165, 1.54) is 14.2 Å². The summed E-state index contributed by atoms with van der Waals surface area (Å²) >= 11 is 0. The second-order valence-electron chi connectivity index (χ2n) is 7.57. The standard InChI is InChI=1S/C21H20N4O4/c1-26-14-7-5-6-13(16(14)27-2)17-19(10-22,11-23)20(12-24)15-8-3-4-9-21(15,28-17)29-18(20)25/h5-7,15,17,25H,3-4,8-9H2,1-2H3/t15-,17-,20-,21+/m0/s1. The summed E-state index contributed by atoms with van der Waals surface area (Å²) in [5.74, 6) is -1.40. The Morgan fingerprint density at radius 2 is 1.86 bits per heavy atom. The van der Waals surface area contributed by atoms with Crippen molar-refractivity contribution < 1.29 is 18.9 Å². The molecule has 3 aliphatic rings. The lowest BCUT2D eigenvalue weighted by molar-refractivity contribution is -0.294. The molecule has 2 saturated heterocycles. The van der Waals surface area contributed by atoms with Crippen LogP contribution in [0, 0.1) is 56.2 Å². The largest absolute Gasteiger partial charge is 0.493 e. The van der Waals surface area contributed by atoms with E-state index in [-0.39, 0.29) is 5.90 Å². The fourth-order valence-electron chi connectivity index (χ4n) is 5.26. The van der Waals surface area contributed by atoms with Crippen molar-refractivity contribution in [2.45, 2.75) is 37.6 Å². The maximum absolute atomic E-state index is 10.3. The number of nitrogens with zero attached hydrogens (tertiary/aromatic N) is 3. The van der Waals surface area contributed by atoms with E-state index in [4.69, 9.17) is 24.4 Å². The van der Waals surface area contributed by atoms with E-state index < -0.39 is 28.6 Å². The zero-order chi connectivity index (χ0) is 20.9. The lowest BCUT2D eigenvalue weighted by Crippen LogP contribution is -2.60. The summed E-state index contributed by atoms with van der Waals surface area (Å²) in [6.45, 7) is 0. The van der Waals surface area contributed by atoms with Crippen LogP contribution in [0.2, 0.25) is 0 Å². The number of methoxy groups -OCH3 is 2. The Bertz CT molecular complexity index is 989. The average molecular weight is 392 g/mol. The molecule has 2 aliphatic heterocycles. The number of hydrogen-bond acceptors (Lipinski definition) is 8. The van der Waals surface area contributed by atoms with Crippen LogP contribution in [-0.4, -0.2) is 25.9 Å². The van der Waals surface area contributed by atoms with Crippen molar-refractivity contribution in [3.63, 3.8) is 0 Å². The Morgan fingerprint density at radius 3 is 2.48 bits per heavy atom. The summed E-state index contributed by atoms with van der Waals surface area (Å²) in [4.78, 5) is 0. The molecular weight excluding hydrogens is 372 g/mol. The van der Waals surface area contributed by atoms with Crippen molar-refractivity contribution in [3.8, 4) is 29.7 Å². The maximum atomic E-state index is 10.3. The van der Waals surface area contributed by atoms with Crippen LogP contribution in [0.4, 0.5) is 0 Å². The fraction of sp³-hybridized carbons (Fsp3) is 0.524. The summed E-state index contributed by atoms with van der Waals surface area (Å²) in [6, 6.07) is 11.4. The molecule has 3 fully saturated rings. The average Bonchev–Trinajstić information content (AvgIpc) is 2.97. The third-order valence-electron chi connectivity index (χ3n) is 6.53. The molecule has 4 atom stereocenters. The van der Waals surface area contributed by atoms with Gasteiger partial charge in [0, 0.05) is 12.0 Å². The van der Waals surface area contributed by atoms with Gasteiger partial charge in [-0.05, 0) is 18.9 Å². The van der Waals surface area contributed by atoms with Gasteiger partial charge in [-0.15, -0.1) is 0 Å². The highest BCUT2D eigenvalue weighted by Gasteiger charge is 2.80. The van der Waals surface area contributed by atoms with Gasteiger partial charge in [-0.1, -0.05) is 18.6 Å². The number of para-hydroxylation sites is 1. The van der Waals surface area contributed by atoms with Crippen LogP contribution < -0.4 is 9.47 Å². The first-order chi connectivity index (χ1) is 14.0. The fourth-order valence-corrected chi connectivity index (χ4v) is 5.26. The van der Waals surface area contributed by atoms with Crippen LogP contribution in [-0.2, 0) is 9.47 Å². The SMILES string of the molecule is COc1cccc([C@@H]2O[C@@]34CCCC[C@H]3[C@@](C#N)(C(=N)O4)C2(C#N)C#N)c1OC. The smallest absolute Gasteiger partial charge is 0.217 e. The first kappa shape index (κ1) is 19.1. The quantitative estimate of drug-likeness (QED) is 0.835. The molecule has 1 aliphatic carbocycles. The lowest BCUT2D eigenvalue weighted by Gasteiger charge is -2.51. The van der Waals surface area contributed by atoms with Gasteiger partial charge in [-0.3, -0.25) is 5.41 Å². The molecule has 8 heteroatoms. The van der Waals surface area contributed by atoms with Crippen LogP contribution in [0.25, 0.3) is 0 Å². The number of hydrogen-bond donors (Lipinski definition) is 1. The third kappa shape index (κ3) is 2.06. The van der Waals surface area contributed by atoms with Crippen LogP contribution in [0.15, 0.2) is 18.2 Å². The predicted molar refractivity (Wildman–Crippen MR) is 98.6 cm³/mol. The Kier molecular flexibility index (Phi) is 4.19. The minimum absolute atomic E-state index is 0.319. The number of rotatable bonds is 3. The summed E-state index contributed by atoms with van der Waals surface area (Å²) in [6.07, 6.45) is 1.50. The van der Waals surface area contributed by atoms with E-state index >= 15 is 0 Å². The highest BCUT2D eigenvalue weighted by molar-refractivity contribution is 5.89. The summed E-state index contributed by atoms with van der Waals surface area (Å²) < 4.78 is 23.2. The molecule has 1 N–H and O–H groups in total. The molecule has 1 aromatic rings. The van der Waals surface area contributed by atoms with Crippen molar-refractivity contribution in [1.82, 2.24) is 0 Å². The summed E-state index contributed by atoms with van der Waals surface area (Å²) in [5, 5.41) is 39.3. The number of ether oxygens (including phenoxy) is 4. The van der Waals surface area contributed by atoms with E-state index in [9.17, 15) is 15.8 Å². The van der Waals surface area contributed by atoms with Crippen LogP contribution in [0.5, 0.6) is 11.5 Å². The highest BCUT2D eigenvalue weighted by atomic mass is 16.7. The normalized spacial score (nSPS) is 34.0. The third-order valence-corrected chi connectivity index (χ3v) is 6.53.